The molecule has 0 atom stereocenters. The van der Waals surface area contributed by atoms with E-state index in [-0.39, 0.29) is 18.1 Å². The first-order valence-corrected chi connectivity index (χ1v) is 8.59. The standard InChI is InChI=1S/C14H21N3O5S/c1-13-3-5-14(6-4-13)23(18,19)22-12-11-21-9-2-8-20-10-7-16-17-15/h3-6H,2,7-12H2,1H3. The van der Waals surface area contributed by atoms with Crippen molar-refractivity contribution in [1.82, 2.24) is 0 Å². The van der Waals surface area contributed by atoms with E-state index < -0.39 is 10.1 Å². The molecule has 9 heteroatoms. The molecule has 1 rings (SSSR count). The van der Waals surface area contributed by atoms with E-state index in [9.17, 15) is 8.42 Å². The van der Waals surface area contributed by atoms with Crippen molar-refractivity contribution in [3.05, 3.63) is 40.3 Å². The van der Waals surface area contributed by atoms with Gasteiger partial charge in [-0.3, -0.25) is 4.18 Å². The van der Waals surface area contributed by atoms with Gasteiger partial charge in [-0.15, -0.1) is 0 Å². The summed E-state index contributed by atoms with van der Waals surface area (Å²) in [6.07, 6.45) is 0.668. The highest BCUT2D eigenvalue weighted by Gasteiger charge is 2.14. The van der Waals surface area contributed by atoms with Gasteiger partial charge in [0, 0.05) is 24.7 Å². The monoisotopic (exact) mass is 343 g/mol. The second-order valence-corrected chi connectivity index (χ2v) is 6.24. The number of hydrogen-bond donors (Lipinski definition) is 0. The fraction of sp³-hybridized carbons (Fsp3) is 0.571. The number of rotatable bonds is 12. The third-order valence-electron chi connectivity index (χ3n) is 2.75. The smallest absolute Gasteiger partial charge is 0.297 e. The molecule has 0 spiro atoms. The molecular formula is C14H21N3O5S. The van der Waals surface area contributed by atoms with Crippen molar-refractivity contribution in [2.24, 2.45) is 5.11 Å². The van der Waals surface area contributed by atoms with E-state index in [2.05, 4.69) is 10.0 Å². The van der Waals surface area contributed by atoms with E-state index in [0.29, 0.717) is 32.8 Å². The maximum Gasteiger partial charge on any atom is 0.297 e. The van der Waals surface area contributed by atoms with Gasteiger partial charge in [0.15, 0.2) is 0 Å². The Bertz CT molecular complexity index is 597. The molecule has 0 aliphatic carbocycles. The minimum atomic E-state index is -3.73. The molecule has 8 nitrogen and oxygen atoms in total. The Labute approximate surface area is 136 Å². The average molecular weight is 343 g/mol. The second-order valence-electron chi connectivity index (χ2n) is 4.62. The molecule has 1 aromatic rings. The van der Waals surface area contributed by atoms with Crippen molar-refractivity contribution in [2.45, 2.75) is 18.2 Å². The first kappa shape index (κ1) is 19.4. The van der Waals surface area contributed by atoms with E-state index in [1.807, 2.05) is 6.92 Å². The Hall–Kier alpha value is -1.64. The van der Waals surface area contributed by atoms with E-state index in [4.69, 9.17) is 19.2 Å². The zero-order valence-electron chi connectivity index (χ0n) is 13.1. The minimum absolute atomic E-state index is 0.0338. The van der Waals surface area contributed by atoms with Crippen LogP contribution < -0.4 is 0 Å². The highest BCUT2D eigenvalue weighted by atomic mass is 32.2. The Morgan fingerprint density at radius 3 is 2.35 bits per heavy atom. The van der Waals surface area contributed by atoms with Crippen molar-refractivity contribution < 1.29 is 22.1 Å². The molecule has 0 aromatic heterocycles. The molecule has 0 bridgehead atoms. The molecular weight excluding hydrogens is 322 g/mol. The summed E-state index contributed by atoms with van der Waals surface area (Å²) < 4.78 is 39.1. The topological polar surface area (TPSA) is 111 Å². The van der Waals surface area contributed by atoms with Crippen molar-refractivity contribution in [3.8, 4) is 0 Å². The lowest BCUT2D eigenvalue weighted by atomic mass is 10.2. The van der Waals surface area contributed by atoms with Gasteiger partial charge in [-0.25, -0.2) is 0 Å². The van der Waals surface area contributed by atoms with Crippen LogP contribution in [0, 0.1) is 6.92 Å². The molecule has 0 aliphatic heterocycles. The molecule has 0 fully saturated rings. The third-order valence-corrected chi connectivity index (χ3v) is 4.08. The highest BCUT2D eigenvalue weighted by Crippen LogP contribution is 2.12. The lowest BCUT2D eigenvalue weighted by molar-refractivity contribution is 0.0712. The SMILES string of the molecule is Cc1ccc(S(=O)(=O)OCCOCCCOCCN=[N+]=[N-])cc1. The third kappa shape index (κ3) is 8.53. The van der Waals surface area contributed by atoms with E-state index >= 15 is 0 Å². The Morgan fingerprint density at radius 1 is 1.04 bits per heavy atom. The lowest BCUT2D eigenvalue weighted by Crippen LogP contribution is -2.12. The van der Waals surface area contributed by atoms with Gasteiger partial charge < -0.3 is 9.47 Å². The zero-order valence-corrected chi connectivity index (χ0v) is 13.9. The molecule has 0 radical (unpaired) electrons. The molecule has 0 unspecified atom stereocenters. The molecule has 128 valence electrons. The van der Waals surface area contributed by atoms with Crippen LogP contribution in [0.4, 0.5) is 0 Å². The normalized spacial score (nSPS) is 11.2. The summed E-state index contributed by atoms with van der Waals surface area (Å²) in [4.78, 5) is 2.74. The van der Waals surface area contributed by atoms with Gasteiger partial charge >= 0.3 is 0 Å². The first-order chi connectivity index (χ1) is 11.1. The van der Waals surface area contributed by atoms with E-state index in [1.54, 1.807) is 12.1 Å². The van der Waals surface area contributed by atoms with Crippen LogP contribution in [0.25, 0.3) is 10.4 Å². The van der Waals surface area contributed by atoms with Crippen LogP contribution in [0.2, 0.25) is 0 Å². The van der Waals surface area contributed by atoms with Crippen LogP contribution in [0.5, 0.6) is 0 Å². The summed E-state index contributed by atoms with van der Waals surface area (Å²) in [5.41, 5.74) is 9.04. The van der Waals surface area contributed by atoms with E-state index in [0.717, 1.165) is 5.56 Å². The Balaban J connectivity index is 2.08. The van der Waals surface area contributed by atoms with Crippen molar-refractivity contribution >= 4 is 10.1 Å². The number of azide groups is 1. The van der Waals surface area contributed by atoms with Gasteiger partial charge in [0.25, 0.3) is 10.1 Å². The van der Waals surface area contributed by atoms with Crippen LogP contribution in [0.3, 0.4) is 0 Å². The molecule has 23 heavy (non-hydrogen) atoms. The summed E-state index contributed by atoms with van der Waals surface area (Å²) in [6, 6.07) is 6.46. The predicted molar refractivity (Wildman–Crippen MR) is 84.6 cm³/mol. The van der Waals surface area contributed by atoms with E-state index in [1.165, 1.54) is 12.1 Å². The van der Waals surface area contributed by atoms with Crippen LogP contribution in [-0.2, 0) is 23.8 Å². The first-order valence-electron chi connectivity index (χ1n) is 7.19. The van der Waals surface area contributed by atoms with Crippen molar-refractivity contribution in [2.75, 3.05) is 39.6 Å². The number of benzene rings is 1. The maximum absolute atomic E-state index is 11.9. The van der Waals surface area contributed by atoms with Crippen molar-refractivity contribution in [1.29, 1.82) is 0 Å². The quantitative estimate of drug-likeness (QED) is 0.190. The van der Waals surface area contributed by atoms with Crippen LogP contribution in [0.15, 0.2) is 34.3 Å². The molecule has 0 heterocycles. The molecule has 0 N–H and O–H groups in total. The summed E-state index contributed by atoms with van der Waals surface area (Å²) >= 11 is 0. The minimum Gasteiger partial charge on any atom is -0.381 e. The molecule has 0 saturated heterocycles. The Kier molecular flexibility index (Phi) is 9.27. The largest absolute Gasteiger partial charge is 0.381 e. The zero-order chi connectivity index (χ0) is 17.0. The summed E-state index contributed by atoms with van der Waals surface area (Å²) in [5.74, 6) is 0. The number of nitrogens with zero attached hydrogens (tertiary/aromatic N) is 3. The van der Waals surface area contributed by atoms with Gasteiger partial charge in [-0.2, -0.15) is 8.42 Å². The average Bonchev–Trinajstić information content (AvgIpc) is 2.53. The molecule has 0 amide bonds. The fourth-order valence-electron chi connectivity index (χ4n) is 1.59. The lowest BCUT2D eigenvalue weighted by Gasteiger charge is -2.07. The number of hydrogen-bond acceptors (Lipinski definition) is 6. The second kappa shape index (κ2) is 11.0. The number of ether oxygens (including phenoxy) is 2. The van der Waals surface area contributed by atoms with Gasteiger partial charge in [-0.05, 0) is 31.0 Å². The molecule has 1 aromatic carbocycles. The number of aryl methyl sites for hydroxylation is 1. The molecule has 0 saturated carbocycles. The van der Waals surface area contributed by atoms with Crippen LogP contribution in [0.1, 0.15) is 12.0 Å². The van der Waals surface area contributed by atoms with Gasteiger partial charge in [-0.1, -0.05) is 22.8 Å². The Morgan fingerprint density at radius 2 is 1.70 bits per heavy atom. The maximum atomic E-state index is 11.9. The van der Waals surface area contributed by atoms with Gasteiger partial charge in [0.2, 0.25) is 0 Å². The van der Waals surface area contributed by atoms with Crippen molar-refractivity contribution in [3.63, 3.8) is 0 Å². The summed E-state index contributed by atoms with van der Waals surface area (Å²) in [6.45, 7) is 3.65. The highest BCUT2D eigenvalue weighted by molar-refractivity contribution is 7.86. The van der Waals surface area contributed by atoms with Crippen LogP contribution >= 0.6 is 0 Å². The van der Waals surface area contributed by atoms with Gasteiger partial charge in [0.05, 0.1) is 24.7 Å². The summed E-state index contributed by atoms with van der Waals surface area (Å²) in [5, 5.41) is 3.33. The molecule has 0 aliphatic rings. The summed E-state index contributed by atoms with van der Waals surface area (Å²) in [7, 11) is -3.73. The van der Waals surface area contributed by atoms with Gasteiger partial charge in [0.1, 0.15) is 0 Å². The fourth-order valence-corrected chi connectivity index (χ4v) is 2.49. The van der Waals surface area contributed by atoms with Crippen LogP contribution in [-0.4, -0.2) is 48.0 Å². The predicted octanol–water partition coefficient (Wildman–Crippen LogP) is 2.43.